The molecule has 126 valence electrons. The lowest BCUT2D eigenvalue weighted by Gasteiger charge is -2.08. The highest BCUT2D eigenvalue weighted by Crippen LogP contribution is 2.21. The molecule has 1 aromatic heterocycles. The summed E-state index contributed by atoms with van der Waals surface area (Å²) < 4.78 is 40.0. The third kappa shape index (κ3) is 3.92. The van der Waals surface area contributed by atoms with Crippen molar-refractivity contribution in [1.82, 2.24) is 9.97 Å². The first-order chi connectivity index (χ1) is 12.0. The van der Waals surface area contributed by atoms with Crippen LogP contribution >= 0.6 is 0 Å². The van der Waals surface area contributed by atoms with Gasteiger partial charge in [0.05, 0.1) is 5.56 Å². The van der Waals surface area contributed by atoms with Crippen LogP contribution in [0.4, 0.5) is 30.5 Å². The van der Waals surface area contributed by atoms with Gasteiger partial charge in [-0.2, -0.15) is 0 Å². The first-order valence-electron chi connectivity index (χ1n) is 7.13. The summed E-state index contributed by atoms with van der Waals surface area (Å²) in [5.74, 6) is -2.57. The normalized spacial score (nSPS) is 10.4. The minimum atomic E-state index is -0.790. The smallest absolute Gasteiger partial charge is 0.258 e. The molecule has 2 N–H and O–H groups in total. The second-order valence-electron chi connectivity index (χ2n) is 4.98. The maximum atomic E-state index is 13.6. The van der Waals surface area contributed by atoms with Crippen LogP contribution in [0, 0.1) is 17.5 Å². The zero-order valence-electron chi connectivity index (χ0n) is 12.6. The highest BCUT2D eigenvalue weighted by Gasteiger charge is 2.11. The number of rotatable bonds is 4. The fourth-order valence-electron chi connectivity index (χ4n) is 1.98. The molecule has 0 fully saturated rings. The highest BCUT2D eigenvalue weighted by atomic mass is 19.1. The molecule has 0 saturated carbocycles. The van der Waals surface area contributed by atoms with Gasteiger partial charge in [0.2, 0.25) is 5.95 Å². The standard InChI is InChI=1S/C17H11F3N4O/c18-11-4-6-12(7-5-11)23-16(25)10-8-21-17(22-9-10)24-15-13(19)2-1-3-14(15)20/h1-9H,(H,23,25)(H,21,22,24). The van der Waals surface area contributed by atoms with Gasteiger partial charge < -0.3 is 10.6 Å². The molecule has 0 atom stereocenters. The van der Waals surface area contributed by atoms with Crippen molar-refractivity contribution in [3.63, 3.8) is 0 Å². The van der Waals surface area contributed by atoms with Crippen molar-refractivity contribution in [2.45, 2.75) is 0 Å². The maximum Gasteiger partial charge on any atom is 0.258 e. The van der Waals surface area contributed by atoms with Gasteiger partial charge in [0.25, 0.3) is 5.91 Å². The van der Waals surface area contributed by atoms with E-state index in [1.807, 2.05) is 0 Å². The van der Waals surface area contributed by atoms with E-state index in [9.17, 15) is 18.0 Å². The van der Waals surface area contributed by atoms with Crippen LogP contribution in [0.15, 0.2) is 54.9 Å². The Morgan fingerprint density at radius 3 is 2.08 bits per heavy atom. The number of carbonyl (C=O) groups excluding carboxylic acids is 1. The van der Waals surface area contributed by atoms with E-state index in [1.54, 1.807) is 0 Å². The summed E-state index contributed by atoms with van der Waals surface area (Å²) in [4.78, 5) is 19.8. The van der Waals surface area contributed by atoms with Gasteiger partial charge >= 0.3 is 0 Å². The summed E-state index contributed by atoms with van der Waals surface area (Å²) in [5.41, 5.74) is 0.150. The summed E-state index contributed by atoms with van der Waals surface area (Å²) in [7, 11) is 0. The number of nitrogens with zero attached hydrogens (tertiary/aromatic N) is 2. The number of nitrogens with one attached hydrogen (secondary N) is 2. The minimum Gasteiger partial charge on any atom is -0.322 e. The molecule has 0 spiro atoms. The highest BCUT2D eigenvalue weighted by molar-refractivity contribution is 6.03. The van der Waals surface area contributed by atoms with Crippen LogP contribution in [0.3, 0.4) is 0 Å². The second kappa shape index (κ2) is 7.00. The van der Waals surface area contributed by atoms with E-state index in [0.717, 1.165) is 12.1 Å². The molecule has 2 aromatic carbocycles. The van der Waals surface area contributed by atoms with Crippen molar-refractivity contribution in [2.75, 3.05) is 10.6 Å². The largest absolute Gasteiger partial charge is 0.322 e. The average Bonchev–Trinajstić information content (AvgIpc) is 2.61. The predicted octanol–water partition coefficient (Wildman–Crippen LogP) is 3.89. The van der Waals surface area contributed by atoms with Gasteiger partial charge in [0.15, 0.2) is 0 Å². The van der Waals surface area contributed by atoms with Crippen molar-refractivity contribution in [3.05, 3.63) is 77.9 Å². The number of carbonyl (C=O) groups is 1. The number of hydrogen-bond acceptors (Lipinski definition) is 4. The van der Waals surface area contributed by atoms with Gasteiger partial charge in [-0.3, -0.25) is 4.79 Å². The van der Waals surface area contributed by atoms with Crippen LogP contribution in [-0.4, -0.2) is 15.9 Å². The lowest BCUT2D eigenvalue weighted by molar-refractivity contribution is 0.102. The van der Waals surface area contributed by atoms with Gasteiger partial charge in [-0.05, 0) is 36.4 Å². The van der Waals surface area contributed by atoms with Crippen molar-refractivity contribution in [3.8, 4) is 0 Å². The Labute approximate surface area is 140 Å². The molecule has 0 bridgehead atoms. The molecule has 8 heteroatoms. The van der Waals surface area contributed by atoms with E-state index >= 15 is 0 Å². The molecule has 3 aromatic rings. The minimum absolute atomic E-state index is 0.0673. The molecule has 25 heavy (non-hydrogen) atoms. The molecular weight excluding hydrogens is 333 g/mol. The summed E-state index contributed by atoms with van der Waals surface area (Å²) in [6.45, 7) is 0. The van der Waals surface area contributed by atoms with Crippen LogP contribution in [-0.2, 0) is 0 Å². The summed E-state index contributed by atoms with van der Waals surface area (Å²) in [6.07, 6.45) is 2.40. The Balaban J connectivity index is 1.71. The van der Waals surface area contributed by atoms with Crippen LogP contribution < -0.4 is 10.6 Å². The lowest BCUT2D eigenvalue weighted by atomic mass is 10.2. The van der Waals surface area contributed by atoms with E-state index in [2.05, 4.69) is 20.6 Å². The zero-order valence-corrected chi connectivity index (χ0v) is 12.6. The molecule has 1 heterocycles. The molecule has 0 saturated heterocycles. The third-order valence-corrected chi connectivity index (χ3v) is 3.22. The van der Waals surface area contributed by atoms with E-state index in [0.29, 0.717) is 5.69 Å². The molecule has 0 aliphatic heterocycles. The molecule has 5 nitrogen and oxygen atoms in total. The van der Waals surface area contributed by atoms with E-state index in [4.69, 9.17) is 0 Å². The number of halogens is 3. The topological polar surface area (TPSA) is 66.9 Å². The number of hydrogen-bond donors (Lipinski definition) is 2. The molecule has 3 rings (SSSR count). The Hall–Kier alpha value is -3.42. The van der Waals surface area contributed by atoms with Crippen LogP contribution in [0.1, 0.15) is 10.4 Å². The summed E-state index contributed by atoms with van der Waals surface area (Å²) in [6, 6.07) is 8.66. The van der Waals surface area contributed by atoms with Gasteiger partial charge in [-0.25, -0.2) is 23.1 Å². The molecule has 0 aliphatic carbocycles. The molecular formula is C17H11F3N4O. The fraction of sp³-hybridized carbons (Fsp3) is 0. The Morgan fingerprint density at radius 2 is 1.48 bits per heavy atom. The Kier molecular flexibility index (Phi) is 4.60. The van der Waals surface area contributed by atoms with Crippen LogP contribution in [0.25, 0.3) is 0 Å². The Morgan fingerprint density at radius 1 is 0.880 bits per heavy atom. The summed E-state index contributed by atoms with van der Waals surface area (Å²) in [5, 5.41) is 4.96. The Bertz CT molecular complexity index is 879. The van der Waals surface area contributed by atoms with Gasteiger partial charge in [0, 0.05) is 18.1 Å². The molecule has 0 radical (unpaired) electrons. The lowest BCUT2D eigenvalue weighted by Crippen LogP contribution is -2.13. The first kappa shape index (κ1) is 16.4. The molecule has 1 amide bonds. The first-order valence-corrected chi connectivity index (χ1v) is 7.13. The van der Waals surface area contributed by atoms with Crippen molar-refractivity contribution >= 4 is 23.2 Å². The van der Waals surface area contributed by atoms with Crippen molar-refractivity contribution in [2.24, 2.45) is 0 Å². The van der Waals surface area contributed by atoms with E-state index < -0.39 is 23.4 Å². The van der Waals surface area contributed by atoms with Gasteiger partial charge in [-0.15, -0.1) is 0 Å². The zero-order chi connectivity index (χ0) is 17.8. The number of aromatic nitrogens is 2. The molecule has 0 unspecified atom stereocenters. The van der Waals surface area contributed by atoms with E-state index in [1.165, 1.54) is 42.7 Å². The maximum absolute atomic E-state index is 13.6. The van der Waals surface area contributed by atoms with Crippen molar-refractivity contribution < 1.29 is 18.0 Å². The predicted molar refractivity (Wildman–Crippen MR) is 86.0 cm³/mol. The number of anilines is 3. The van der Waals surface area contributed by atoms with Crippen LogP contribution in [0.2, 0.25) is 0 Å². The van der Waals surface area contributed by atoms with E-state index in [-0.39, 0.29) is 17.2 Å². The number of amides is 1. The third-order valence-electron chi connectivity index (χ3n) is 3.22. The molecule has 0 aliphatic rings. The average molecular weight is 344 g/mol. The van der Waals surface area contributed by atoms with Crippen LogP contribution in [0.5, 0.6) is 0 Å². The second-order valence-corrected chi connectivity index (χ2v) is 4.98. The SMILES string of the molecule is O=C(Nc1ccc(F)cc1)c1cnc(Nc2c(F)cccc2F)nc1. The van der Waals surface area contributed by atoms with Gasteiger partial charge in [0.1, 0.15) is 23.1 Å². The quantitative estimate of drug-likeness (QED) is 0.753. The number of para-hydroxylation sites is 1. The fourth-order valence-corrected chi connectivity index (χ4v) is 1.98. The summed E-state index contributed by atoms with van der Waals surface area (Å²) >= 11 is 0. The number of benzene rings is 2. The van der Waals surface area contributed by atoms with Crippen molar-refractivity contribution in [1.29, 1.82) is 0 Å². The monoisotopic (exact) mass is 344 g/mol. The van der Waals surface area contributed by atoms with Gasteiger partial charge in [-0.1, -0.05) is 6.07 Å².